The van der Waals surface area contributed by atoms with Crippen LogP contribution >= 0.6 is 11.3 Å². The minimum atomic E-state index is -0.388. The SMILES string of the molecule is CCc1ccc(C(=O)c2ccc3c(c2)oc(=O)n3CC)s1. The summed E-state index contributed by atoms with van der Waals surface area (Å²) in [6, 6.07) is 8.99. The average molecular weight is 301 g/mol. The van der Waals surface area contributed by atoms with E-state index in [0.29, 0.717) is 22.6 Å². The van der Waals surface area contributed by atoms with Crippen molar-refractivity contribution in [3.05, 3.63) is 56.2 Å². The van der Waals surface area contributed by atoms with Crippen LogP contribution < -0.4 is 5.76 Å². The molecule has 0 unspecified atom stereocenters. The molecule has 0 N–H and O–H groups in total. The van der Waals surface area contributed by atoms with E-state index in [9.17, 15) is 9.59 Å². The first-order valence-electron chi connectivity index (χ1n) is 6.90. The second-order valence-corrected chi connectivity index (χ2v) is 5.91. The van der Waals surface area contributed by atoms with Crippen LogP contribution in [0.15, 0.2) is 39.5 Å². The first kappa shape index (κ1) is 13.8. The zero-order chi connectivity index (χ0) is 15.0. The van der Waals surface area contributed by atoms with Crippen LogP contribution in [-0.4, -0.2) is 10.4 Å². The number of oxazole rings is 1. The molecule has 0 spiro atoms. The Kier molecular flexibility index (Phi) is 3.51. The molecule has 21 heavy (non-hydrogen) atoms. The molecule has 0 saturated carbocycles. The van der Waals surface area contributed by atoms with Crippen molar-refractivity contribution < 1.29 is 9.21 Å². The number of aromatic nitrogens is 1. The lowest BCUT2D eigenvalue weighted by molar-refractivity contribution is 0.104. The summed E-state index contributed by atoms with van der Waals surface area (Å²) in [4.78, 5) is 26.0. The van der Waals surface area contributed by atoms with Crippen molar-refractivity contribution in [1.29, 1.82) is 0 Å². The van der Waals surface area contributed by atoms with Crippen LogP contribution in [0.2, 0.25) is 0 Å². The normalized spacial score (nSPS) is 11.1. The topological polar surface area (TPSA) is 52.2 Å². The molecule has 0 aliphatic rings. The Hall–Kier alpha value is -2.14. The summed E-state index contributed by atoms with van der Waals surface area (Å²) in [5.41, 5.74) is 1.73. The molecule has 0 saturated heterocycles. The van der Waals surface area contributed by atoms with Crippen molar-refractivity contribution in [2.75, 3.05) is 0 Å². The molecule has 3 rings (SSSR count). The molecule has 5 heteroatoms. The van der Waals surface area contributed by atoms with Crippen LogP contribution in [-0.2, 0) is 13.0 Å². The lowest BCUT2D eigenvalue weighted by Gasteiger charge is -1.99. The summed E-state index contributed by atoms with van der Waals surface area (Å²) in [7, 11) is 0. The number of benzene rings is 1. The molecule has 0 amide bonds. The van der Waals surface area contributed by atoms with Crippen LogP contribution in [0.25, 0.3) is 11.1 Å². The first-order valence-corrected chi connectivity index (χ1v) is 7.72. The number of carbonyl (C=O) groups excluding carboxylic acids is 1. The standard InChI is InChI=1S/C16H15NO3S/c1-3-11-6-8-14(21-11)15(18)10-5-7-12-13(9-10)20-16(19)17(12)4-2/h5-9H,3-4H2,1-2H3. The third-order valence-corrected chi connectivity index (χ3v) is 4.71. The third-order valence-electron chi connectivity index (χ3n) is 3.48. The monoisotopic (exact) mass is 301 g/mol. The number of hydrogen-bond donors (Lipinski definition) is 0. The summed E-state index contributed by atoms with van der Waals surface area (Å²) in [6.07, 6.45) is 0.922. The van der Waals surface area contributed by atoms with Crippen LogP contribution in [0.5, 0.6) is 0 Å². The van der Waals surface area contributed by atoms with Gasteiger partial charge in [-0.2, -0.15) is 0 Å². The number of fused-ring (bicyclic) bond motifs is 1. The molecule has 0 aliphatic carbocycles. The van der Waals surface area contributed by atoms with Crippen LogP contribution in [0.1, 0.15) is 34.0 Å². The summed E-state index contributed by atoms with van der Waals surface area (Å²) in [5, 5.41) is 0. The van der Waals surface area contributed by atoms with Crippen molar-refractivity contribution >= 4 is 28.2 Å². The fourth-order valence-corrected chi connectivity index (χ4v) is 3.25. The second-order valence-electron chi connectivity index (χ2n) is 4.74. The van der Waals surface area contributed by atoms with E-state index in [1.54, 1.807) is 22.8 Å². The van der Waals surface area contributed by atoms with Gasteiger partial charge in [0.1, 0.15) is 0 Å². The number of rotatable bonds is 4. The van der Waals surface area contributed by atoms with Crippen molar-refractivity contribution in [2.24, 2.45) is 0 Å². The number of aryl methyl sites for hydroxylation is 2. The third kappa shape index (κ3) is 2.34. The Bertz CT molecular complexity index is 869. The van der Waals surface area contributed by atoms with Crippen LogP contribution in [0.4, 0.5) is 0 Å². The minimum absolute atomic E-state index is 0.0338. The fourth-order valence-electron chi connectivity index (χ4n) is 2.34. The Morgan fingerprint density at radius 2 is 2.05 bits per heavy atom. The average Bonchev–Trinajstić information content (AvgIpc) is 3.08. The highest BCUT2D eigenvalue weighted by molar-refractivity contribution is 7.14. The number of hydrogen-bond acceptors (Lipinski definition) is 4. The van der Waals surface area contributed by atoms with E-state index in [1.165, 1.54) is 16.2 Å². The van der Waals surface area contributed by atoms with Gasteiger partial charge in [0.2, 0.25) is 5.78 Å². The van der Waals surface area contributed by atoms with E-state index >= 15 is 0 Å². The molecule has 3 aromatic rings. The molecule has 2 heterocycles. The molecule has 108 valence electrons. The number of nitrogens with zero attached hydrogens (tertiary/aromatic N) is 1. The molecule has 0 atom stereocenters. The Labute approximate surface area is 125 Å². The minimum Gasteiger partial charge on any atom is -0.408 e. The van der Waals surface area contributed by atoms with Gasteiger partial charge in [-0.25, -0.2) is 4.79 Å². The van der Waals surface area contributed by atoms with Crippen molar-refractivity contribution in [3.8, 4) is 0 Å². The maximum absolute atomic E-state index is 12.5. The van der Waals surface area contributed by atoms with Gasteiger partial charge in [0.15, 0.2) is 5.58 Å². The van der Waals surface area contributed by atoms with Gasteiger partial charge in [-0.15, -0.1) is 11.3 Å². The zero-order valence-corrected chi connectivity index (χ0v) is 12.7. The lowest BCUT2D eigenvalue weighted by Crippen LogP contribution is -2.11. The maximum atomic E-state index is 12.5. The van der Waals surface area contributed by atoms with E-state index in [0.717, 1.165) is 11.9 Å². The highest BCUT2D eigenvalue weighted by Crippen LogP contribution is 2.22. The van der Waals surface area contributed by atoms with Gasteiger partial charge in [0, 0.05) is 17.0 Å². The Balaban J connectivity index is 2.04. The summed E-state index contributed by atoms with van der Waals surface area (Å²) < 4.78 is 6.75. The predicted molar refractivity (Wildman–Crippen MR) is 83.3 cm³/mol. The largest absolute Gasteiger partial charge is 0.419 e. The van der Waals surface area contributed by atoms with Crippen molar-refractivity contribution in [2.45, 2.75) is 26.8 Å². The van der Waals surface area contributed by atoms with Gasteiger partial charge in [0.05, 0.1) is 10.4 Å². The summed E-state index contributed by atoms with van der Waals surface area (Å²) >= 11 is 1.51. The van der Waals surface area contributed by atoms with Gasteiger partial charge in [-0.05, 0) is 43.7 Å². The Morgan fingerprint density at radius 3 is 2.71 bits per heavy atom. The van der Waals surface area contributed by atoms with Gasteiger partial charge in [0.25, 0.3) is 0 Å². The maximum Gasteiger partial charge on any atom is 0.419 e. The highest BCUT2D eigenvalue weighted by Gasteiger charge is 2.15. The molecule has 0 fully saturated rings. The van der Waals surface area contributed by atoms with E-state index in [1.807, 2.05) is 19.1 Å². The van der Waals surface area contributed by atoms with Gasteiger partial charge in [-0.1, -0.05) is 6.92 Å². The van der Waals surface area contributed by atoms with E-state index in [4.69, 9.17) is 4.42 Å². The van der Waals surface area contributed by atoms with E-state index in [-0.39, 0.29) is 11.5 Å². The number of carbonyl (C=O) groups is 1. The van der Waals surface area contributed by atoms with Crippen LogP contribution in [0.3, 0.4) is 0 Å². The van der Waals surface area contributed by atoms with Gasteiger partial charge < -0.3 is 4.42 Å². The van der Waals surface area contributed by atoms with Crippen molar-refractivity contribution in [3.63, 3.8) is 0 Å². The molecule has 0 aliphatic heterocycles. The van der Waals surface area contributed by atoms with Crippen LogP contribution in [0, 0.1) is 0 Å². The fraction of sp³-hybridized carbons (Fsp3) is 0.250. The molecule has 2 aromatic heterocycles. The molecule has 4 nitrogen and oxygen atoms in total. The first-order chi connectivity index (χ1) is 10.1. The van der Waals surface area contributed by atoms with E-state index in [2.05, 4.69) is 6.92 Å². The second kappa shape index (κ2) is 5.33. The van der Waals surface area contributed by atoms with E-state index < -0.39 is 0 Å². The van der Waals surface area contributed by atoms with Gasteiger partial charge >= 0.3 is 5.76 Å². The molecular weight excluding hydrogens is 286 g/mol. The highest BCUT2D eigenvalue weighted by atomic mass is 32.1. The lowest BCUT2D eigenvalue weighted by atomic mass is 10.1. The summed E-state index contributed by atoms with van der Waals surface area (Å²) in [5.74, 6) is -0.421. The summed E-state index contributed by atoms with van der Waals surface area (Å²) in [6.45, 7) is 4.49. The quantitative estimate of drug-likeness (QED) is 0.693. The molecular formula is C16H15NO3S. The zero-order valence-electron chi connectivity index (χ0n) is 11.9. The van der Waals surface area contributed by atoms with Gasteiger partial charge in [-0.3, -0.25) is 9.36 Å². The predicted octanol–water partition coefficient (Wildman–Crippen LogP) is 3.47. The molecule has 0 radical (unpaired) electrons. The molecule has 0 bridgehead atoms. The Morgan fingerprint density at radius 1 is 1.24 bits per heavy atom. The number of ketones is 1. The van der Waals surface area contributed by atoms with Crippen molar-refractivity contribution in [1.82, 2.24) is 4.57 Å². The number of thiophene rings is 1. The molecule has 1 aromatic carbocycles. The smallest absolute Gasteiger partial charge is 0.408 e.